The van der Waals surface area contributed by atoms with Crippen molar-refractivity contribution in [1.29, 1.82) is 0 Å². The van der Waals surface area contributed by atoms with Gasteiger partial charge in [0.15, 0.2) is 5.75 Å². The Morgan fingerprint density at radius 1 is 0.947 bits per heavy atom. The number of likely N-dealkylation sites (tertiary alicyclic amines) is 1. The van der Waals surface area contributed by atoms with Gasteiger partial charge in [-0.1, -0.05) is 6.42 Å². The fourth-order valence-corrected chi connectivity index (χ4v) is 2.05. The van der Waals surface area contributed by atoms with Gasteiger partial charge >= 0.3 is 0 Å². The standard InChI is InChI=1S/C12H14F4N2O/c13-8-10(9(14)12(16)17-11(8)15)19-7-6-18-4-2-1-3-5-18/h1-7H2. The van der Waals surface area contributed by atoms with Crippen molar-refractivity contribution in [2.45, 2.75) is 19.3 Å². The van der Waals surface area contributed by atoms with E-state index in [0.29, 0.717) is 6.54 Å². The first-order valence-electron chi connectivity index (χ1n) is 6.14. The first-order chi connectivity index (χ1) is 9.09. The lowest BCUT2D eigenvalue weighted by Gasteiger charge is -2.26. The molecule has 1 aromatic rings. The second-order valence-corrected chi connectivity index (χ2v) is 4.40. The van der Waals surface area contributed by atoms with Crippen LogP contribution in [0.15, 0.2) is 0 Å². The fourth-order valence-electron chi connectivity index (χ4n) is 2.05. The lowest BCUT2D eigenvalue weighted by Crippen LogP contribution is -2.33. The molecule has 0 spiro atoms. The minimum absolute atomic E-state index is 0.0310. The van der Waals surface area contributed by atoms with Crippen molar-refractivity contribution in [3.05, 3.63) is 23.5 Å². The fraction of sp³-hybridized carbons (Fsp3) is 0.583. The highest BCUT2D eigenvalue weighted by atomic mass is 19.2. The maximum Gasteiger partial charge on any atom is 0.255 e. The van der Waals surface area contributed by atoms with E-state index in [2.05, 4.69) is 9.88 Å². The summed E-state index contributed by atoms with van der Waals surface area (Å²) in [6, 6.07) is 0. The zero-order valence-electron chi connectivity index (χ0n) is 10.3. The summed E-state index contributed by atoms with van der Waals surface area (Å²) in [4.78, 5) is 4.53. The number of piperidine rings is 1. The highest BCUT2D eigenvalue weighted by molar-refractivity contribution is 5.24. The number of halogens is 4. The highest BCUT2D eigenvalue weighted by Gasteiger charge is 2.22. The molecule has 0 aromatic carbocycles. The molecule has 19 heavy (non-hydrogen) atoms. The van der Waals surface area contributed by atoms with Crippen LogP contribution in [-0.4, -0.2) is 36.1 Å². The molecule has 3 nitrogen and oxygen atoms in total. The molecule has 2 heterocycles. The Hall–Kier alpha value is -1.37. The molecule has 1 aliphatic heterocycles. The van der Waals surface area contributed by atoms with Crippen LogP contribution in [0.4, 0.5) is 17.6 Å². The SMILES string of the molecule is Fc1nc(F)c(F)c(OCCN2CCCCC2)c1F. The first kappa shape index (κ1) is 14.0. The van der Waals surface area contributed by atoms with E-state index in [1.807, 2.05) is 0 Å². The van der Waals surface area contributed by atoms with Crippen LogP contribution in [0.25, 0.3) is 0 Å². The number of rotatable bonds is 4. The van der Waals surface area contributed by atoms with Crippen LogP contribution >= 0.6 is 0 Å². The van der Waals surface area contributed by atoms with Gasteiger partial charge in [-0.25, -0.2) is 0 Å². The van der Waals surface area contributed by atoms with Crippen molar-refractivity contribution in [3.8, 4) is 5.75 Å². The lowest BCUT2D eigenvalue weighted by atomic mass is 10.1. The Kier molecular flexibility index (Phi) is 4.57. The zero-order valence-corrected chi connectivity index (χ0v) is 10.3. The third kappa shape index (κ3) is 3.34. The molecule has 106 valence electrons. The van der Waals surface area contributed by atoms with Gasteiger partial charge < -0.3 is 4.74 Å². The van der Waals surface area contributed by atoms with E-state index in [0.717, 1.165) is 25.9 Å². The van der Waals surface area contributed by atoms with Crippen LogP contribution < -0.4 is 4.74 Å². The molecule has 0 amide bonds. The molecule has 0 saturated carbocycles. The van der Waals surface area contributed by atoms with Gasteiger partial charge in [-0.05, 0) is 25.9 Å². The number of ether oxygens (including phenoxy) is 1. The van der Waals surface area contributed by atoms with Crippen LogP contribution in [0.2, 0.25) is 0 Å². The van der Waals surface area contributed by atoms with Crippen LogP contribution in [0, 0.1) is 23.5 Å². The monoisotopic (exact) mass is 278 g/mol. The van der Waals surface area contributed by atoms with E-state index in [9.17, 15) is 17.6 Å². The number of hydrogen-bond donors (Lipinski definition) is 0. The van der Waals surface area contributed by atoms with E-state index >= 15 is 0 Å². The molecule has 0 unspecified atom stereocenters. The largest absolute Gasteiger partial charge is 0.486 e. The summed E-state index contributed by atoms with van der Waals surface area (Å²) in [5.74, 6) is -7.64. The smallest absolute Gasteiger partial charge is 0.255 e. The van der Waals surface area contributed by atoms with Gasteiger partial charge in [0.1, 0.15) is 6.61 Å². The molecule has 1 fully saturated rings. The number of pyridine rings is 1. The lowest BCUT2D eigenvalue weighted by molar-refractivity contribution is 0.174. The van der Waals surface area contributed by atoms with Crippen LogP contribution in [0.5, 0.6) is 5.75 Å². The van der Waals surface area contributed by atoms with Crippen molar-refractivity contribution < 1.29 is 22.3 Å². The van der Waals surface area contributed by atoms with Crippen molar-refractivity contribution in [2.24, 2.45) is 0 Å². The molecule has 0 bridgehead atoms. The van der Waals surface area contributed by atoms with Gasteiger partial charge in [0.25, 0.3) is 11.9 Å². The highest BCUT2D eigenvalue weighted by Crippen LogP contribution is 2.24. The predicted octanol–water partition coefficient (Wildman–Crippen LogP) is 2.50. The second-order valence-electron chi connectivity index (χ2n) is 4.40. The van der Waals surface area contributed by atoms with Gasteiger partial charge in [-0.15, -0.1) is 0 Å². The molecule has 0 atom stereocenters. The van der Waals surface area contributed by atoms with E-state index in [-0.39, 0.29) is 6.61 Å². The summed E-state index contributed by atoms with van der Waals surface area (Å²) in [6.07, 6.45) is 3.31. The molecule has 1 aliphatic rings. The third-order valence-corrected chi connectivity index (χ3v) is 3.06. The average molecular weight is 278 g/mol. The summed E-state index contributed by atoms with van der Waals surface area (Å²) in [5, 5.41) is 0. The normalized spacial score (nSPS) is 16.6. The van der Waals surface area contributed by atoms with Crippen LogP contribution in [0.1, 0.15) is 19.3 Å². The molecular weight excluding hydrogens is 264 g/mol. The molecule has 7 heteroatoms. The molecular formula is C12H14F4N2O. The van der Waals surface area contributed by atoms with Crippen molar-refractivity contribution in [1.82, 2.24) is 9.88 Å². The maximum absolute atomic E-state index is 13.2. The van der Waals surface area contributed by atoms with E-state index < -0.39 is 29.3 Å². The molecule has 0 N–H and O–H groups in total. The number of hydrogen-bond acceptors (Lipinski definition) is 3. The Bertz CT molecular complexity index is 424. The Morgan fingerprint density at radius 2 is 1.53 bits per heavy atom. The van der Waals surface area contributed by atoms with Gasteiger partial charge in [0.05, 0.1) is 0 Å². The Labute approximate surface area is 108 Å². The summed E-state index contributed by atoms with van der Waals surface area (Å²) in [6.45, 7) is 2.22. The summed E-state index contributed by atoms with van der Waals surface area (Å²) >= 11 is 0. The Balaban J connectivity index is 1.95. The van der Waals surface area contributed by atoms with Gasteiger partial charge in [0.2, 0.25) is 11.6 Å². The molecule has 2 rings (SSSR count). The topological polar surface area (TPSA) is 25.4 Å². The van der Waals surface area contributed by atoms with Crippen LogP contribution in [0.3, 0.4) is 0 Å². The van der Waals surface area contributed by atoms with Crippen LogP contribution in [-0.2, 0) is 0 Å². The van der Waals surface area contributed by atoms with E-state index in [1.54, 1.807) is 0 Å². The van der Waals surface area contributed by atoms with E-state index in [1.165, 1.54) is 6.42 Å². The minimum Gasteiger partial charge on any atom is -0.486 e. The van der Waals surface area contributed by atoms with Crippen molar-refractivity contribution >= 4 is 0 Å². The second kappa shape index (κ2) is 6.18. The molecule has 1 saturated heterocycles. The molecule has 1 aromatic heterocycles. The van der Waals surface area contributed by atoms with Crippen molar-refractivity contribution in [3.63, 3.8) is 0 Å². The summed E-state index contributed by atoms with van der Waals surface area (Å²) in [7, 11) is 0. The van der Waals surface area contributed by atoms with Gasteiger partial charge in [-0.2, -0.15) is 22.5 Å². The van der Waals surface area contributed by atoms with Gasteiger partial charge in [0, 0.05) is 6.54 Å². The number of nitrogens with zero attached hydrogens (tertiary/aromatic N) is 2. The van der Waals surface area contributed by atoms with Gasteiger partial charge in [-0.3, -0.25) is 4.90 Å². The summed E-state index contributed by atoms with van der Waals surface area (Å²) < 4.78 is 56.9. The predicted molar refractivity (Wildman–Crippen MR) is 59.9 cm³/mol. The van der Waals surface area contributed by atoms with E-state index in [4.69, 9.17) is 4.74 Å². The van der Waals surface area contributed by atoms with Crippen molar-refractivity contribution in [2.75, 3.05) is 26.2 Å². The quantitative estimate of drug-likeness (QED) is 0.625. The molecule has 0 aliphatic carbocycles. The maximum atomic E-state index is 13.2. The average Bonchev–Trinajstić information content (AvgIpc) is 2.42. The Morgan fingerprint density at radius 3 is 2.11 bits per heavy atom. The minimum atomic E-state index is -1.70. The zero-order chi connectivity index (χ0) is 13.8. The molecule has 0 radical (unpaired) electrons. The summed E-state index contributed by atoms with van der Waals surface area (Å²) in [5.41, 5.74) is 0. The number of aromatic nitrogens is 1. The first-order valence-corrected chi connectivity index (χ1v) is 6.14. The third-order valence-electron chi connectivity index (χ3n) is 3.06.